The van der Waals surface area contributed by atoms with E-state index in [1.807, 2.05) is 79.2 Å². The molecule has 2 aromatic carbocycles. The standard InChI is InChI=1S/C21H20N4O/c1-14-18(15(2)25(24-14)17-9-4-3-5-10-17)13-22-21(26)20-12-16-8-6-7-11-19(16)23-20/h3-12,23H,13H2,1-2H3,(H,22,26). The van der Waals surface area contributed by atoms with E-state index in [4.69, 9.17) is 0 Å². The van der Waals surface area contributed by atoms with Crippen molar-refractivity contribution in [3.05, 3.63) is 83.3 Å². The zero-order valence-corrected chi connectivity index (χ0v) is 14.8. The van der Waals surface area contributed by atoms with Gasteiger partial charge in [0.2, 0.25) is 0 Å². The largest absolute Gasteiger partial charge is 0.351 e. The first-order valence-electron chi connectivity index (χ1n) is 8.60. The zero-order chi connectivity index (χ0) is 18.1. The number of amides is 1. The Morgan fingerprint density at radius 2 is 1.81 bits per heavy atom. The van der Waals surface area contributed by atoms with Crippen molar-refractivity contribution in [1.29, 1.82) is 0 Å². The molecule has 0 saturated heterocycles. The lowest BCUT2D eigenvalue weighted by Gasteiger charge is -2.06. The molecule has 0 atom stereocenters. The van der Waals surface area contributed by atoms with Crippen molar-refractivity contribution in [2.24, 2.45) is 0 Å². The van der Waals surface area contributed by atoms with Gasteiger partial charge in [0.15, 0.2) is 0 Å². The predicted octanol–water partition coefficient (Wildman–Crippen LogP) is 3.90. The Labute approximate surface area is 151 Å². The molecule has 0 unspecified atom stereocenters. The number of hydrogen-bond acceptors (Lipinski definition) is 2. The van der Waals surface area contributed by atoms with Crippen LogP contribution in [-0.4, -0.2) is 20.7 Å². The van der Waals surface area contributed by atoms with Gasteiger partial charge < -0.3 is 10.3 Å². The highest BCUT2D eigenvalue weighted by Gasteiger charge is 2.15. The molecule has 130 valence electrons. The third-order valence-corrected chi connectivity index (χ3v) is 4.64. The SMILES string of the molecule is Cc1nn(-c2ccccc2)c(C)c1CNC(=O)c1cc2ccccc2[nH]1. The predicted molar refractivity (Wildman–Crippen MR) is 103 cm³/mol. The van der Waals surface area contributed by atoms with E-state index in [1.54, 1.807) is 0 Å². The molecule has 0 aliphatic rings. The summed E-state index contributed by atoms with van der Waals surface area (Å²) in [6, 6.07) is 19.7. The Morgan fingerprint density at radius 1 is 1.08 bits per heavy atom. The lowest BCUT2D eigenvalue weighted by Crippen LogP contribution is -2.23. The summed E-state index contributed by atoms with van der Waals surface area (Å²) in [6.45, 7) is 4.44. The van der Waals surface area contributed by atoms with Crippen LogP contribution in [0.2, 0.25) is 0 Å². The van der Waals surface area contributed by atoms with Crippen LogP contribution in [0.1, 0.15) is 27.4 Å². The maximum atomic E-state index is 12.5. The molecule has 0 aliphatic heterocycles. The van der Waals surface area contributed by atoms with Crippen molar-refractivity contribution in [3.8, 4) is 5.69 Å². The summed E-state index contributed by atoms with van der Waals surface area (Å²) in [7, 11) is 0. The molecule has 0 saturated carbocycles. The first-order chi connectivity index (χ1) is 12.6. The minimum Gasteiger partial charge on any atom is -0.351 e. The van der Waals surface area contributed by atoms with Crippen molar-refractivity contribution in [1.82, 2.24) is 20.1 Å². The van der Waals surface area contributed by atoms with Crippen LogP contribution in [0.3, 0.4) is 0 Å². The number of nitrogens with zero attached hydrogens (tertiary/aromatic N) is 2. The summed E-state index contributed by atoms with van der Waals surface area (Å²) in [5.74, 6) is -0.118. The van der Waals surface area contributed by atoms with E-state index in [0.29, 0.717) is 12.2 Å². The van der Waals surface area contributed by atoms with Crippen LogP contribution in [0.5, 0.6) is 0 Å². The third-order valence-electron chi connectivity index (χ3n) is 4.64. The van der Waals surface area contributed by atoms with Gasteiger partial charge in [-0.1, -0.05) is 36.4 Å². The van der Waals surface area contributed by atoms with Gasteiger partial charge in [-0.15, -0.1) is 0 Å². The summed E-state index contributed by atoms with van der Waals surface area (Å²) in [4.78, 5) is 15.7. The molecule has 0 radical (unpaired) electrons. The number of benzene rings is 2. The molecule has 2 N–H and O–H groups in total. The van der Waals surface area contributed by atoms with Gasteiger partial charge in [-0.3, -0.25) is 4.79 Å². The monoisotopic (exact) mass is 344 g/mol. The fraction of sp³-hybridized carbons (Fsp3) is 0.143. The summed E-state index contributed by atoms with van der Waals surface area (Å²) >= 11 is 0. The Bertz CT molecular complexity index is 1040. The van der Waals surface area contributed by atoms with Gasteiger partial charge in [0.05, 0.1) is 11.4 Å². The summed E-state index contributed by atoms with van der Waals surface area (Å²) in [5, 5.41) is 8.65. The average Bonchev–Trinajstić information content (AvgIpc) is 3.22. The first-order valence-corrected chi connectivity index (χ1v) is 8.60. The molecular formula is C21H20N4O. The van der Waals surface area contributed by atoms with Gasteiger partial charge in [0.25, 0.3) is 5.91 Å². The van der Waals surface area contributed by atoms with E-state index in [-0.39, 0.29) is 5.91 Å². The van der Waals surface area contributed by atoms with Crippen molar-refractivity contribution in [3.63, 3.8) is 0 Å². The molecule has 4 rings (SSSR count). The van der Waals surface area contributed by atoms with Gasteiger partial charge in [0.1, 0.15) is 5.69 Å². The normalized spacial score (nSPS) is 11.0. The number of aromatic amines is 1. The number of nitrogens with one attached hydrogen (secondary N) is 2. The van der Waals surface area contributed by atoms with E-state index < -0.39 is 0 Å². The van der Waals surface area contributed by atoms with Crippen LogP contribution in [-0.2, 0) is 6.54 Å². The molecular weight excluding hydrogens is 324 g/mol. The van der Waals surface area contributed by atoms with Crippen LogP contribution >= 0.6 is 0 Å². The number of rotatable bonds is 4. The minimum atomic E-state index is -0.118. The highest BCUT2D eigenvalue weighted by molar-refractivity contribution is 5.97. The Balaban J connectivity index is 1.54. The van der Waals surface area contributed by atoms with E-state index in [2.05, 4.69) is 15.4 Å². The molecule has 0 aliphatic carbocycles. The third kappa shape index (κ3) is 2.88. The fourth-order valence-corrected chi connectivity index (χ4v) is 3.21. The van der Waals surface area contributed by atoms with Crippen LogP contribution in [0.15, 0.2) is 60.7 Å². The fourth-order valence-electron chi connectivity index (χ4n) is 3.21. The summed E-state index contributed by atoms with van der Waals surface area (Å²) in [6.07, 6.45) is 0. The second-order valence-electron chi connectivity index (χ2n) is 6.35. The molecule has 2 heterocycles. The van der Waals surface area contributed by atoms with E-state index in [1.165, 1.54) is 0 Å². The van der Waals surface area contributed by atoms with E-state index >= 15 is 0 Å². The molecule has 0 spiro atoms. The smallest absolute Gasteiger partial charge is 0.267 e. The Hall–Kier alpha value is -3.34. The molecule has 4 aromatic rings. The van der Waals surface area contributed by atoms with Crippen molar-refractivity contribution in [2.75, 3.05) is 0 Å². The number of H-pyrrole nitrogens is 1. The number of para-hydroxylation sites is 2. The maximum absolute atomic E-state index is 12.5. The first kappa shape index (κ1) is 16.1. The topological polar surface area (TPSA) is 62.7 Å². The van der Waals surface area contributed by atoms with Crippen molar-refractivity contribution >= 4 is 16.8 Å². The summed E-state index contributed by atoms with van der Waals surface area (Å²) < 4.78 is 1.92. The second-order valence-corrected chi connectivity index (χ2v) is 6.35. The Kier molecular flexibility index (Phi) is 4.05. The number of aromatic nitrogens is 3. The highest BCUT2D eigenvalue weighted by Crippen LogP contribution is 2.18. The molecule has 2 aromatic heterocycles. The highest BCUT2D eigenvalue weighted by atomic mass is 16.1. The maximum Gasteiger partial charge on any atom is 0.267 e. The number of carbonyl (C=O) groups excluding carboxylic acids is 1. The van der Waals surface area contributed by atoms with Crippen molar-refractivity contribution in [2.45, 2.75) is 20.4 Å². The molecule has 0 bridgehead atoms. The minimum absolute atomic E-state index is 0.118. The van der Waals surface area contributed by atoms with Crippen LogP contribution in [0.25, 0.3) is 16.6 Å². The lowest BCUT2D eigenvalue weighted by molar-refractivity contribution is 0.0946. The van der Waals surface area contributed by atoms with Crippen LogP contribution in [0, 0.1) is 13.8 Å². The zero-order valence-electron chi connectivity index (χ0n) is 14.8. The number of hydrogen-bond donors (Lipinski definition) is 2. The van der Waals surface area contributed by atoms with Gasteiger partial charge in [0, 0.05) is 28.7 Å². The van der Waals surface area contributed by atoms with Gasteiger partial charge in [-0.25, -0.2) is 4.68 Å². The molecule has 1 amide bonds. The average molecular weight is 344 g/mol. The lowest BCUT2D eigenvalue weighted by atomic mass is 10.2. The van der Waals surface area contributed by atoms with Gasteiger partial charge >= 0.3 is 0 Å². The van der Waals surface area contributed by atoms with E-state index in [9.17, 15) is 4.79 Å². The second kappa shape index (κ2) is 6.52. The molecule has 5 nitrogen and oxygen atoms in total. The summed E-state index contributed by atoms with van der Waals surface area (Å²) in [5.41, 5.74) is 5.53. The van der Waals surface area contributed by atoms with Crippen LogP contribution < -0.4 is 5.32 Å². The quantitative estimate of drug-likeness (QED) is 0.590. The van der Waals surface area contributed by atoms with Crippen LogP contribution in [0.4, 0.5) is 0 Å². The van der Waals surface area contributed by atoms with E-state index in [0.717, 1.165) is 33.5 Å². The Morgan fingerprint density at radius 3 is 2.58 bits per heavy atom. The molecule has 0 fully saturated rings. The number of aryl methyl sites for hydroxylation is 1. The van der Waals surface area contributed by atoms with Crippen molar-refractivity contribution < 1.29 is 4.79 Å². The van der Waals surface area contributed by atoms with Gasteiger partial charge in [-0.05, 0) is 38.1 Å². The number of fused-ring (bicyclic) bond motifs is 1. The molecule has 5 heteroatoms. The number of carbonyl (C=O) groups is 1. The molecule has 26 heavy (non-hydrogen) atoms. The van der Waals surface area contributed by atoms with Gasteiger partial charge in [-0.2, -0.15) is 5.10 Å².